The Bertz CT molecular complexity index is 521. The van der Waals surface area contributed by atoms with E-state index in [2.05, 4.69) is 15.3 Å². The molecule has 0 saturated heterocycles. The third-order valence-electron chi connectivity index (χ3n) is 2.71. The van der Waals surface area contributed by atoms with E-state index in [0.29, 0.717) is 13.2 Å². The average Bonchev–Trinajstić information content (AvgIpc) is 2.74. The Labute approximate surface area is 107 Å². The van der Waals surface area contributed by atoms with E-state index in [9.17, 15) is 0 Å². The summed E-state index contributed by atoms with van der Waals surface area (Å²) in [7, 11) is 3.85. The van der Waals surface area contributed by atoms with Crippen molar-refractivity contribution in [2.45, 2.75) is 20.1 Å². The van der Waals surface area contributed by atoms with Crippen molar-refractivity contribution in [3.05, 3.63) is 41.7 Å². The second-order valence-electron chi connectivity index (χ2n) is 4.21. The smallest absolute Gasteiger partial charge is 0.142 e. The van der Waals surface area contributed by atoms with Crippen LogP contribution in [-0.2, 0) is 20.2 Å². The van der Waals surface area contributed by atoms with Crippen LogP contribution in [0.3, 0.4) is 0 Å². The molecule has 0 aliphatic carbocycles. The number of pyridine rings is 1. The van der Waals surface area contributed by atoms with Crippen LogP contribution in [0.2, 0.25) is 0 Å². The molecule has 0 amide bonds. The van der Waals surface area contributed by atoms with Crippen LogP contribution in [0.5, 0.6) is 5.75 Å². The zero-order chi connectivity index (χ0) is 13.0. The summed E-state index contributed by atoms with van der Waals surface area (Å²) in [6, 6.07) is 3.92. The van der Waals surface area contributed by atoms with Crippen molar-refractivity contribution < 1.29 is 4.74 Å². The number of rotatable bonds is 5. The van der Waals surface area contributed by atoms with Crippen LogP contribution in [0.25, 0.3) is 0 Å². The van der Waals surface area contributed by atoms with Crippen molar-refractivity contribution in [2.75, 3.05) is 7.05 Å². The molecule has 0 radical (unpaired) electrons. The van der Waals surface area contributed by atoms with Crippen LogP contribution < -0.4 is 10.1 Å². The number of ether oxygens (including phenoxy) is 1. The van der Waals surface area contributed by atoms with Gasteiger partial charge < -0.3 is 14.6 Å². The lowest BCUT2D eigenvalue weighted by Gasteiger charge is -2.11. The number of aromatic nitrogens is 3. The molecular formula is C13H18N4O. The molecule has 0 atom stereocenters. The largest absolute Gasteiger partial charge is 0.485 e. The molecule has 5 heteroatoms. The standard InChI is InChI=1S/C13H18N4O/c1-10-4-5-13(12(16-10)7-14-2)18-8-11-6-15-9-17(11)3/h4-6,9,14H,7-8H2,1-3H3. The molecule has 0 aliphatic heterocycles. The molecular weight excluding hydrogens is 228 g/mol. The van der Waals surface area contributed by atoms with Gasteiger partial charge in [-0.25, -0.2) is 4.98 Å². The SMILES string of the molecule is CNCc1nc(C)ccc1OCc1cncn1C. The summed E-state index contributed by atoms with van der Waals surface area (Å²) in [5, 5.41) is 3.10. The topological polar surface area (TPSA) is 52.0 Å². The average molecular weight is 246 g/mol. The first-order valence-electron chi connectivity index (χ1n) is 5.90. The van der Waals surface area contributed by atoms with Gasteiger partial charge in [0.2, 0.25) is 0 Å². The van der Waals surface area contributed by atoms with E-state index in [-0.39, 0.29) is 0 Å². The Balaban J connectivity index is 2.11. The zero-order valence-electron chi connectivity index (χ0n) is 11.0. The number of imidazole rings is 1. The highest BCUT2D eigenvalue weighted by Gasteiger charge is 2.06. The van der Waals surface area contributed by atoms with Gasteiger partial charge in [0.05, 0.1) is 23.9 Å². The molecule has 0 spiro atoms. The predicted molar refractivity (Wildman–Crippen MR) is 69.3 cm³/mol. The molecule has 2 aromatic rings. The molecule has 0 bridgehead atoms. The van der Waals surface area contributed by atoms with Gasteiger partial charge in [-0.2, -0.15) is 0 Å². The zero-order valence-corrected chi connectivity index (χ0v) is 11.0. The Hall–Kier alpha value is -1.88. The minimum Gasteiger partial charge on any atom is -0.485 e. The quantitative estimate of drug-likeness (QED) is 0.867. The first-order valence-corrected chi connectivity index (χ1v) is 5.90. The minimum absolute atomic E-state index is 0.498. The van der Waals surface area contributed by atoms with Gasteiger partial charge in [-0.05, 0) is 26.1 Å². The summed E-state index contributed by atoms with van der Waals surface area (Å²) in [6.45, 7) is 3.17. The first kappa shape index (κ1) is 12.6. The lowest BCUT2D eigenvalue weighted by molar-refractivity contribution is 0.291. The van der Waals surface area contributed by atoms with Gasteiger partial charge in [-0.1, -0.05) is 0 Å². The number of hydrogen-bond donors (Lipinski definition) is 1. The molecule has 2 aromatic heterocycles. The van der Waals surface area contributed by atoms with Gasteiger partial charge in [0.1, 0.15) is 12.4 Å². The highest BCUT2D eigenvalue weighted by molar-refractivity contribution is 5.29. The molecule has 0 saturated carbocycles. The van der Waals surface area contributed by atoms with Gasteiger partial charge in [-0.15, -0.1) is 0 Å². The third kappa shape index (κ3) is 2.87. The number of aryl methyl sites for hydroxylation is 2. The molecule has 5 nitrogen and oxygen atoms in total. The predicted octanol–water partition coefficient (Wildman–Crippen LogP) is 1.42. The highest BCUT2D eigenvalue weighted by atomic mass is 16.5. The molecule has 1 N–H and O–H groups in total. The van der Waals surface area contributed by atoms with E-state index in [1.807, 2.05) is 37.7 Å². The monoisotopic (exact) mass is 246 g/mol. The fourth-order valence-electron chi connectivity index (χ4n) is 1.70. The summed E-state index contributed by atoms with van der Waals surface area (Å²) in [5.41, 5.74) is 2.96. The van der Waals surface area contributed by atoms with Crippen LogP contribution in [-0.4, -0.2) is 21.6 Å². The number of hydrogen-bond acceptors (Lipinski definition) is 4. The van der Waals surface area contributed by atoms with Gasteiger partial charge >= 0.3 is 0 Å². The van der Waals surface area contributed by atoms with Crippen LogP contribution in [0.4, 0.5) is 0 Å². The highest BCUT2D eigenvalue weighted by Crippen LogP contribution is 2.18. The summed E-state index contributed by atoms with van der Waals surface area (Å²) in [5.74, 6) is 0.816. The lowest BCUT2D eigenvalue weighted by atomic mass is 10.3. The molecule has 2 rings (SSSR count). The third-order valence-corrected chi connectivity index (χ3v) is 2.71. The minimum atomic E-state index is 0.498. The van der Waals surface area contributed by atoms with Crippen molar-refractivity contribution >= 4 is 0 Å². The molecule has 0 fully saturated rings. The molecule has 18 heavy (non-hydrogen) atoms. The maximum Gasteiger partial charge on any atom is 0.142 e. The lowest BCUT2D eigenvalue weighted by Crippen LogP contribution is -2.10. The molecule has 0 unspecified atom stereocenters. The van der Waals surface area contributed by atoms with Crippen LogP contribution in [0.1, 0.15) is 17.1 Å². The second-order valence-corrected chi connectivity index (χ2v) is 4.21. The fraction of sp³-hybridized carbons (Fsp3) is 0.385. The van der Waals surface area contributed by atoms with Crippen LogP contribution in [0, 0.1) is 6.92 Å². The molecule has 96 valence electrons. The van der Waals surface area contributed by atoms with E-state index in [1.165, 1.54) is 0 Å². The van der Waals surface area contributed by atoms with Crippen molar-refractivity contribution in [3.8, 4) is 5.75 Å². The van der Waals surface area contributed by atoms with Crippen LogP contribution in [0.15, 0.2) is 24.7 Å². The molecule has 0 aliphatic rings. The van der Waals surface area contributed by atoms with E-state index in [0.717, 1.165) is 22.8 Å². The normalized spacial score (nSPS) is 10.6. The maximum absolute atomic E-state index is 5.81. The summed E-state index contributed by atoms with van der Waals surface area (Å²) < 4.78 is 7.75. The van der Waals surface area contributed by atoms with Crippen molar-refractivity contribution in [1.82, 2.24) is 19.9 Å². The van der Waals surface area contributed by atoms with Gasteiger partial charge in [0.25, 0.3) is 0 Å². The Morgan fingerprint density at radius 1 is 1.39 bits per heavy atom. The Morgan fingerprint density at radius 3 is 2.89 bits per heavy atom. The van der Waals surface area contributed by atoms with Crippen molar-refractivity contribution in [1.29, 1.82) is 0 Å². The van der Waals surface area contributed by atoms with Crippen molar-refractivity contribution in [3.63, 3.8) is 0 Å². The number of nitrogens with zero attached hydrogens (tertiary/aromatic N) is 3. The summed E-state index contributed by atoms with van der Waals surface area (Å²) in [6.07, 6.45) is 3.57. The second kappa shape index (κ2) is 5.64. The van der Waals surface area contributed by atoms with Crippen molar-refractivity contribution in [2.24, 2.45) is 7.05 Å². The van der Waals surface area contributed by atoms with E-state index >= 15 is 0 Å². The van der Waals surface area contributed by atoms with Gasteiger partial charge in [-0.3, -0.25) is 4.98 Å². The fourth-order valence-corrected chi connectivity index (χ4v) is 1.70. The molecule has 2 heterocycles. The Kier molecular flexibility index (Phi) is 3.94. The number of nitrogens with one attached hydrogen (secondary N) is 1. The van der Waals surface area contributed by atoms with E-state index < -0.39 is 0 Å². The summed E-state index contributed by atoms with van der Waals surface area (Å²) in [4.78, 5) is 8.54. The Morgan fingerprint density at radius 2 is 2.22 bits per heavy atom. The summed E-state index contributed by atoms with van der Waals surface area (Å²) >= 11 is 0. The van der Waals surface area contributed by atoms with E-state index in [4.69, 9.17) is 4.74 Å². The molecule has 0 aromatic carbocycles. The van der Waals surface area contributed by atoms with Crippen LogP contribution >= 0.6 is 0 Å². The first-order chi connectivity index (χ1) is 8.70. The van der Waals surface area contributed by atoms with Gasteiger partial charge in [0.15, 0.2) is 0 Å². The van der Waals surface area contributed by atoms with E-state index in [1.54, 1.807) is 12.5 Å². The maximum atomic E-state index is 5.81. The van der Waals surface area contributed by atoms with Gasteiger partial charge in [0, 0.05) is 19.3 Å².